The van der Waals surface area contributed by atoms with Crippen LogP contribution in [0.25, 0.3) is 6.08 Å². The number of hydrogen-bond donors (Lipinski definition) is 0. The number of halogens is 1. The average Bonchev–Trinajstić information content (AvgIpc) is 2.23. The Morgan fingerprint density at radius 2 is 1.92 bits per heavy atom. The molecule has 2 heteroatoms. The van der Waals surface area contributed by atoms with Crippen LogP contribution in [0, 0.1) is 6.08 Å². The fourth-order valence-corrected chi connectivity index (χ4v) is 0.884. The molecule has 0 amide bonds. The van der Waals surface area contributed by atoms with Crippen molar-refractivity contribution in [3.8, 4) is 0 Å². The minimum absolute atomic E-state index is 1.05. The van der Waals surface area contributed by atoms with E-state index in [1.54, 1.807) is 0 Å². The van der Waals surface area contributed by atoms with Gasteiger partial charge in [-0.3, -0.25) is 6.08 Å². The molecular weight excluding hydrogens is 324 g/mol. The van der Waals surface area contributed by atoms with Crippen LogP contribution in [0.2, 0.25) is 0 Å². The summed E-state index contributed by atoms with van der Waals surface area (Å²) in [5, 5.41) is 0. The Bertz CT molecular complexity index is 219. The van der Waals surface area contributed by atoms with Crippen LogP contribution in [0.1, 0.15) is 25.3 Å². The van der Waals surface area contributed by atoms with Gasteiger partial charge in [-0.25, -0.2) is 6.08 Å². The van der Waals surface area contributed by atoms with Gasteiger partial charge in [0, 0.05) is 0 Å². The van der Waals surface area contributed by atoms with E-state index in [1.807, 2.05) is 24.3 Å². The summed E-state index contributed by atoms with van der Waals surface area (Å²) in [4.78, 5) is 0. The Hall–Kier alpha value is 0.313. The molecule has 1 aromatic rings. The molecule has 1 rings (SSSR count). The van der Waals surface area contributed by atoms with Crippen LogP contribution in [0.5, 0.6) is 0 Å². The number of allylic oxidation sites excluding steroid dienone is 1. The number of unbranched alkanes of at least 4 members (excludes halogenated alkanes) is 1. The zero-order valence-corrected chi connectivity index (χ0v) is 13.1. The van der Waals surface area contributed by atoms with Gasteiger partial charge < -0.3 is 0 Å². The van der Waals surface area contributed by atoms with Crippen molar-refractivity contribution in [2.75, 3.05) is 0 Å². The van der Waals surface area contributed by atoms with Crippen molar-refractivity contribution in [2.45, 2.75) is 19.8 Å². The van der Waals surface area contributed by atoms with Crippen molar-refractivity contribution in [1.29, 1.82) is 0 Å². The van der Waals surface area contributed by atoms with Crippen LogP contribution in [0.4, 0.5) is 0 Å². The summed E-state index contributed by atoms with van der Waals surface area (Å²) in [5.74, 6) is 0. The van der Waals surface area contributed by atoms with Crippen molar-refractivity contribution < 1.29 is 14.8 Å². The van der Waals surface area contributed by atoms with Crippen molar-refractivity contribution in [3.05, 3.63) is 42.0 Å². The average molecular weight is 338 g/mol. The summed E-state index contributed by atoms with van der Waals surface area (Å²) >= 11 is 3.62. The van der Waals surface area contributed by atoms with Gasteiger partial charge in [-0.15, -0.1) is 18.6 Å². The summed E-state index contributed by atoms with van der Waals surface area (Å²) in [7, 11) is 0. The van der Waals surface area contributed by atoms with Gasteiger partial charge in [0.15, 0.2) is 0 Å². The summed E-state index contributed by atoms with van der Waals surface area (Å²) in [5.41, 5.74) is 1.24. The fraction of sp³-hybridized carbons (Fsp3) is 0.273. The Kier molecular flexibility index (Phi) is 10.6. The zero-order chi connectivity index (χ0) is 9.94. The number of hydrogen-bond acceptors (Lipinski definition) is 0. The second-order valence-electron chi connectivity index (χ2n) is 2.51. The van der Waals surface area contributed by atoms with Crippen LogP contribution < -0.4 is 0 Å². The Morgan fingerprint density at radius 3 is 2.46 bits per heavy atom. The third-order valence-electron chi connectivity index (χ3n) is 1.46. The first kappa shape index (κ1) is 13.3. The van der Waals surface area contributed by atoms with Crippen molar-refractivity contribution in [1.82, 2.24) is 0 Å². The molecular formula is C11H13IZn. The molecule has 66 valence electrons. The summed E-state index contributed by atoms with van der Waals surface area (Å²) in [6.45, 7) is 2.16. The standard InChI is InChI=1S/C11H13.HI.Zn/c1-2-3-5-8-11-9-6-4-7-10-11;;/h4,6-10H,2-3H2,1H3;1H;/q-1;;+2/p-1. The molecule has 1 aromatic carbocycles. The third kappa shape index (κ3) is 7.39. The molecule has 0 spiro atoms. The normalized spacial score (nSPS) is 9.54. The van der Waals surface area contributed by atoms with E-state index in [4.69, 9.17) is 0 Å². The molecule has 0 aliphatic carbocycles. The predicted octanol–water partition coefficient (Wildman–Crippen LogP) is 4.19. The molecule has 0 aliphatic rings. The third-order valence-corrected chi connectivity index (χ3v) is 1.46. The van der Waals surface area contributed by atoms with E-state index >= 15 is 0 Å². The Balaban J connectivity index is 0.000000671. The second kappa shape index (κ2) is 10.4. The van der Waals surface area contributed by atoms with Crippen molar-refractivity contribution in [3.63, 3.8) is 0 Å². The van der Waals surface area contributed by atoms with Crippen molar-refractivity contribution in [2.24, 2.45) is 0 Å². The van der Waals surface area contributed by atoms with Gasteiger partial charge in [-0.2, -0.15) is 5.56 Å². The van der Waals surface area contributed by atoms with Gasteiger partial charge in [0.2, 0.25) is 0 Å². The minimum atomic E-state index is 1.05. The number of rotatable bonds is 3. The van der Waals surface area contributed by atoms with E-state index in [0.717, 1.165) is 6.42 Å². The van der Waals surface area contributed by atoms with Crippen LogP contribution in [0.15, 0.2) is 30.3 Å². The summed E-state index contributed by atoms with van der Waals surface area (Å²) in [6.07, 6.45) is 7.49. The molecule has 0 nitrogen and oxygen atoms in total. The molecule has 0 radical (unpaired) electrons. The van der Waals surface area contributed by atoms with E-state index in [9.17, 15) is 0 Å². The molecule has 0 unspecified atom stereocenters. The maximum atomic E-state index is 3.23. The summed E-state index contributed by atoms with van der Waals surface area (Å²) < 4.78 is 0. The quantitative estimate of drug-likeness (QED) is 0.441. The molecule has 0 fully saturated rings. The van der Waals surface area contributed by atoms with Gasteiger partial charge in [0.25, 0.3) is 0 Å². The van der Waals surface area contributed by atoms with E-state index < -0.39 is 0 Å². The molecule has 0 N–H and O–H groups in total. The van der Waals surface area contributed by atoms with Gasteiger partial charge in [0.1, 0.15) is 0 Å². The molecule has 0 aliphatic heterocycles. The fourth-order valence-electron chi connectivity index (χ4n) is 0.884. The van der Waals surface area contributed by atoms with Gasteiger partial charge in [-0.05, 0) is 0 Å². The first-order valence-electron chi connectivity index (χ1n) is 4.32. The van der Waals surface area contributed by atoms with Gasteiger partial charge in [0.05, 0.1) is 0 Å². The first-order valence-corrected chi connectivity index (χ1v) is 13.4. The monoisotopic (exact) mass is 336 g/mol. The van der Waals surface area contributed by atoms with Crippen molar-refractivity contribution >= 4 is 25.8 Å². The van der Waals surface area contributed by atoms with Crippen LogP contribution in [-0.4, -0.2) is 0 Å². The Morgan fingerprint density at radius 1 is 1.31 bits per heavy atom. The van der Waals surface area contributed by atoms with Crippen LogP contribution in [-0.2, 0) is 14.8 Å². The molecule has 0 atom stereocenters. The second-order valence-corrected chi connectivity index (χ2v) is 2.51. The van der Waals surface area contributed by atoms with Gasteiger partial charge in [-0.1, -0.05) is 31.5 Å². The zero-order valence-electron chi connectivity index (χ0n) is 7.96. The van der Waals surface area contributed by atoms with Crippen LogP contribution in [0.3, 0.4) is 0 Å². The molecule has 0 heterocycles. The van der Waals surface area contributed by atoms with E-state index in [1.165, 1.54) is 26.8 Å². The Labute approximate surface area is 102 Å². The first-order chi connectivity index (χ1) is 6.43. The predicted molar refractivity (Wildman–Crippen MR) is 63.1 cm³/mol. The van der Waals surface area contributed by atoms with Crippen LogP contribution >= 0.6 is 19.8 Å². The van der Waals surface area contributed by atoms with E-state index in [0.29, 0.717) is 0 Å². The van der Waals surface area contributed by atoms with E-state index in [-0.39, 0.29) is 0 Å². The van der Waals surface area contributed by atoms with Gasteiger partial charge >= 0.3 is 34.5 Å². The topological polar surface area (TPSA) is 0 Å². The summed E-state index contributed by atoms with van der Waals surface area (Å²) in [6, 6.07) is 10.3. The molecule has 0 bridgehead atoms. The SMILES string of the molecule is CCC[C-]=Cc1ccccc1.[Zn+][I]. The maximum absolute atomic E-state index is 3.23. The molecule has 13 heavy (non-hydrogen) atoms. The van der Waals surface area contributed by atoms with E-state index in [2.05, 4.69) is 44.9 Å². The molecule has 0 saturated carbocycles. The number of benzene rings is 1. The molecule has 0 saturated heterocycles. The molecule has 0 aromatic heterocycles.